The molecular formula is C21H28F2IN3O2. The standard InChI is InChI=1S/C21H27F2N3O2.HI/c1-15(9-10-16-7-5-4-6-8-16)26-21(24-2)25-14-17-11-12-18(27-3)19(13-17)28-20(22)23;/h4-8,11-13,15,20H,9-10,14H2,1-3H3,(H2,24,25,26);1H. The first kappa shape index (κ1) is 24.9. The van der Waals surface area contributed by atoms with Crippen molar-refractivity contribution in [1.82, 2.24) is 10.6 Å². The van der Waals surface area contributed by atoms with Crippen molar-refractivity contribution in [2.75, 3.05) is 14.2 Å². The van der Waals surface area contributed by atoms with Gasteiger partial charge in [-0.2, -0.15) is 8.78 Å². The molecule has 29 heavy (non-hydrogen) atoms. The number of aryl methyl sites for hydroxylation is 1. The van der Waals surface area contributed by atoms with Crippen LogP contribution in [0.1, 0.15) is 24.5 Å². The van der Waals surface area contributed by atoms with Gasteiger partial charge in [0.15, 0.2) is 17.5 Å². The molecule has 1 atom stereocenters. The molecule has 0 aliphatic carbocycles. The van der Waals surface area contributed by atoms with Crippen LogP contribution in [0.2, 0.25) is 0 Å². The number of nitrogens with zero attached hydrogens (tertiary/aromatic N) is 1. The highest BCUT2D eigenvalue weighted by molar-refractivity contribution is 14.0. The molecule has 2 rings (SSSR count). The highest BCUT2D eigenvalue weighted by Crippen LogP contribution is 2.29. The molecule has 0 spiro atoms. The van der Waals surface area contributed by atoms with E-state index in [-0.39, 0.29) is 41.5 Å². The van der Waals surface area contributed by atoms with Crippen molar-refractivity contribution in [3.05, 3.63) is 59.7 Å². The van der Waals surface area contributed by atoms with E-state index in [9.17, 15) is 8.78 Å². The van der Waals surface area contributed by atoms with Gasteiger partial charge in [-0.1, -0.05) is 36.4 Å². The third-order valence-electron chi connectivity index (χ3n) is 4.22. The van der Waals surface area contributed by atoms with Crippen LogP contribution in [0, 0.1) is 0 Å². The SMILES string of the molecule is CN=C(NCc1ccc(OC)c(OC(F)F)c1)NC(C)CCc1ccccc1.I. The molecule has 2 N–H and O–H groups in total. The zero-order valence-corrected chi connectivity index (χ0v) is 19.2. The lowest BCUT2D eigenvalue weighted by atomic mass is 10.1. The molecule has 0 aliphatic heterocycles. The summed E-state index contributed by atoms with van der Waals surface area (Å²) in [4.78, 5) is 4.22. The second-order valence-corrected chi connectivity index (χ2v) is 6.36. The zero-order valence-electron chi connectivity index (χ0n) is 16.8. The number of aliphatic imine (C=N–C) groups is 1. The number of halogens is 3. The lowest BCUT2D eigenvalue weighted by Gasteiger charge is -2.18. The van der Waals surface area contributed by atoms with E-state index in [4.69, 9.17) is 4.74 Å². The molecule has 160 valence electrons. The maximum Gasteiger partial charge on any atom is 0.387 e. The predicted octanol–water partition coefficient (Wildman–Crippen LogP) is 4.60. The first-order valence-electron chi connectivity index (χ1n) is 9.14. The fraction of sp³-hybridized carbons (Fsp3) is 0.381. The van der Waals surface area contributed by atoms with Crippen LogP contribution in [0.4, 0.5) is 8.78 Å². The Kier molecular flexibility index (Phi) is 11.3. The Balaban J connectivity index is 0.00000420. The number of methoxy groups -OCH3 is 1. The van der Waals surface area contributed by atoms with Crippen molar-refractivity contribution in [2.24, 2.45) is 4.99 Å². The van der Waals surface area contributed by atoms with Crippen LogP contribution in [-0.2, 0) is 13.0 Å². The lowest BCUT2D eigenvalue weighted by Crippen LogP contribution is -2.42. The van der Waals surface area contributed by atoms with Gasteiger partial charge in [0.25, 0.3) is 0 Å². The molecule has 1 unspecified atom stereocenters. The van der Waals surface area contributed by atoms with Gasteiger partial charge in [0, 0.05) is 19.6 Å². The van der Waals surface area contributed by atoms with E-state index < -0.39 is 6.61 Å². The number of alkyl halides is 2. The normalized spacial score (nSPS) is 12.1. The summed E-state index contributed by atoms with van der Waals surface area (Å²) in [6.45, 7) is -0.399. The molecule has 0 saturated carbocycles. The van der Waals surface area contributed by atoms with E-state index in [1.54, 1.807) is 19.2 Å². The van der Waals surface area contributed by atoms with Gasteiger partial charge < -0.3 is 20.1 Å². The smallest absolute Gasteiger partial charge is 0.387 e. The number of rotatable bonds is 9. The largest absolute Gasteiger partial charge is 0.493 e. The number of hydrogen-bond donors (Lipinski definition) is 2. The van der Waals surface area contributed by atoms with E-state index in [1.165, 1.54) is 18.7 Å². The number of hydrogen-bond acceptors (Lipinski definition) is 3. The van der Waals surface area contributed by atoms with Crippen LogP contribution in [0.3, 0.4) is 0 Å². The summed E-state index contributed by atoms with van der Waals surface area (Å²) in [6.07, 6.45) is 1.93. The summed E-state index contributed by atoms with van der Waals surface area (Å²) in [5, 5.41) is 6.53. The Morgan fingerprint density at radius 3 is 2.41 bits per heavy atom. The first-order valence-corrected chi connectivity index (χ1v) is 9.14. The number of benzene rings is 2. The third kappa shape index (κ3) is 8.84. The Labute approximate surface area is 187 Å². The van der Waals surface area contributed by atoms with Crippen LogP contribution < -0.4 is 20.1 Å². The van der Waals surface area contributed by atoms with Gasteiger partial charge in [0.05, 0.1) is 7.11 Å². The molecule has 0 radical (unpaired) electrons. The summed E-state index contributed by atoms with van der Waals surface area (Å²) in [5.74, 6) is 0.921. The van der Waals surface area contributed by atoms with E-state index >= 15 is 0 Å². The Morgan fingerprint density at radius 1 is 1.07 bits per heavy atom. The minimum absolute atomic E-state index is 0. The van der Waals surface area contributed by atoms with E-state index in [0.717, 1.165) is 18.4 Å². The summed E-state index contributed by atoms with van der Waals surface area (Å²) in [6, 6.07) is 15.5. The summed E-state index contributed by atoms with van der Waals surface area (Å²) >= 11 is 0. The lowest BCUT2D eigenvalue weighted by molar-refractivity contribution is -0.0512. The van der Waals surface area contributed by atoms with E-state index in [1.807, 2.05) is 18.2 Å². The first-order chi connectivity index (χ1) is 13.5. The van der Waals surface area contributed by atoms with Crippen molar-refractivity contribution in [3.8, 4) is 11.5 Å². The fourth-order valence-corrected chi connectivity index (χ4v) is 2.73. The molecule has 0 saturated heterocycles. The summed E-state index contributed by atoms with van der Waals surface area (Å²) in [5.41, 5.74) is 2.07. The number of ether oxygens (including phenoxy) is 2. The molecule has 0 aliphatic rings. The molecule has 2 aromatic rings. The van der Waals surface area contributed by atoms with Crippen molar-refractivity contribution in [1.29, 1.82) is 0 Å². The molecule has 0 amide bonds. The van der Waals surface area contributed by atoms with Crippen molar-refractivity contribution < 1.29 is 18.3 Å². The Morgan fingerprint density at radius 2 is 1.79 bits per heavy atom. The van der Waals surface area contributed by atoms with Crippen LogP contribution in [0.5, 0.6) is 11.5 Å². The van der Waals surface area contributed by atoms with Gasteiger partial charge in [-0.25, -0.2) is 0 Å². The third-order valence-corrected chi connectivity index (χ3v) is 4.22. The monoisotopic (exact) mass is 519 g/mol. The van der Waals surface area contributed by atoms with E-state index in [2.05, 4.69) is 39.4 Å². The topological polar surface area (TPSA) is 54.9 Å². The molecule has 0 aromatic heterocycles. The molecule has 8 heteroatoms. The number of guanidine groups is 1. The van der Waals surface area contributed by atoms with Crippen molar-refractivity contribution in [3.63, 3.8) is 0 Å². The van der Waals surface area contributed by atoms with Crippen LogP contribution in [-0.4, -0.2) is 32.8 Å². The van der Waals surface area contributed by atoms with Crippen LogP contribution >= 0.6 is 24.0 Å². The van der Waals surface area contributed by atoms with Gasteiger partial charge in [-0.05, 0) is 43.0 Å². The second kappa shape index (κ2) is 13.2. The van der Waals surface area contributed by atoms with E-state index in [0.29, 0.717) is 12.5 Å². The van der Waals surface area contributed by atoms with Crippen LogP contribution in [0.25, 0.3) is 0 Å². The Hall–Kier alpha value is -2.10. The molecule has 5 nitrogen and oxygen atoms in total. The summed E-state index contributed by atoms with van der Waals surface area (Å²) in [7, 11) is 3.10. The molecule has 0 heterocycles. The zero-order chi connectivity index (χ0) is 20.4. The maximum atomic E-state index is 12.6. The molecular weight excluding hydrogens is 491 g/mol. The van der Waals surface area contributed by atoms with Gasteiger partial charge in [-0.3, -0.25) is 4.99 Å². The maximum absolute atomic E-state index is 12.6. The van der Waals surface area contributed by atoms with Crippen LogP contribution in [0.15, 0.2) is 53.5 Å². The highest BCUT2D eigenvalue weighted by atomic mass is 127. The number of nitrogens with one attached hydrogen (secondary N) is 2. The molecule has 2 aromatic carbocycles. The fourth-order valence-electron chi connectivity index (χ4n) is 2.73. The summed E-state index contributed by atoms with van der Waals surface area (Å²) < 4.78 is 34.7. The molecule has 0 bridgehead atoms. The average molecular weight is 519 g/mol. The van der Waals surface area contributed by atoms with Crippen molar-refractivity contribution >= 4 is 29.9 Å². The second-order valence-electron chi connectivity index (χ2n) is 6.36. The predicted molar refractivity (Wildman–Crippen MR) is 123 cm³/mol. The van der Waals surface area contributed by atoms with Gasteiger partial charge in [-0.15, -0.1) is 24.0 Å². The Bertz CT molecular complexity index is 761. The minimum Gasteiger partial charge on any atom is -0.493 e. The van der Waals surface area contributed by atoms with Gasteiger partial charge in [0.1, 0.15) is 0 Å². The molecule has 0 fully saturated rings. The van der Waals surface area contributed by atoms with Gasteiger partial charge in [0.2, 0.25) is 0 Å². The minimum atomic E-state index is -2.91. The van der Waals surface area contributed by atoms with Crippen molar-refractivity contribution in [2.45, 2.75) is 39.0 Å². The van der Waals surface area contributed by atoms with Gasteiger partial charge >= 0.3 is 6.61 Å². The highest BCUT2D eigenvalue weighted by Gasteiger charge is 2.12. The quantitative estimate of drug-likeness (QED) is 0.289. The average Bonchev–Trinajstić information content (AvgIpc) is 2.70.